The van der Waals surface area contributed by atoms with Gasteiger partial charge >= 0.3 is 6.18 Å². The fourth-order valence-electron chi connectivity index (χ4n) is 0.761. The van der Waals surface area contributed by atoms with E-state index in [1.807, 2.05) is 0 Å². The van der Waals surface area contributed by atoms with Crippen molar-refractivity contribution in [1.29, 1.82) is 0 Å². The first kappa shape index (κ1) is 14.1. The number of alkyl halides is 3. The molecule has 0 aliphatic heterocycles. The Kier molecular flexibility index (Phi) is 8.41. The van der Waals surface area contributed by atoms with Gasteiger partial charge in [0.15, 0.2) is 0 Å². The van der Waals surface area contributed by atoms with Crippen molar-refractivity contribution in [2.45, 2.75) is 19.0 Å². The lowest BCUT2D eigenvalue weighted by Gasteiger charge is -2.06. The molecule has 14 heavy (non-hydrogen) atoms. The molecule has 0 saturated carbocycles. The second kappa shape index (κ2) is 8.38. The molecule has 0 unspecified atom stereocenters. The third-order valence-electron chi connectivity index (χ3n) is 1.36. The van der Waals surface area contributed by atoms with E-state index in [0.717, 1.165) is 0 Å². The van der Waals surface area contributed by atoms with Gasteiger partial charge in [0.1, 0.15) is 0 Å². The molecule has 6 heteroatoms. The molecular weight excluding hydrogens is 217 g/mol. The van der Waals surface area contributed by atoms with E-state index in [-0.39, 0.29) is 13.0 Å². The summed E-state index contributed by atoms with van der Waals surface area (Å²) >= 11 is 3.92. The van der Waals surface area contributed by atoms with E-state index < -0.39 is 12.6 Å². The van der Waals surface area contributed by atoms with Gasteiger partial charge in [-0.15, -0.1) is 0 Å². The minimum absolute atomic E-state index is 0.00999. The Labute approximate surface area is 87.2 Å². The van der Waals surface area contributed by atoms with Gasteiger partial charge in [-0.3, -0.25) is 0 Å². The number of thiol groups is 1. The number of hydrogen-bond acceptors (Lipinski definition) is 3. The Morgan fingerprint density at radius 3 is 2.00 bits per heavy atom. The van der Waals surface area contributed by atoms with Gasteiger partial charge in [0.25, 0.3) is 0 Å². The van der Waals surface area contributed by atoms with E-state index in [1.165, 1.54) is 0 Å². The molecule has 0 aromatic carbocycles. The summed E-state index contributed by atoms with van der Waals surface area (Å²) in [6.07, 6.45) is -4.85. The van der Waals surface area contributed by atoms with Crippen molar-refractivity contribution in [2.75, 3.05) is 32.2 Å². The molecule has 0 aromatic rings. The molecule has 0 bridgehead atoms. The maximum absolute atomic E-state index is 11.6. The molecule has 0 aliphatic rings. The number of halogens is 3. The number of hydrogen-bond donors (Lipinski definition) is 1. The molecule has 0 fully saturated rings. The van der Waals surface area contributed by atoms with Crippen LogP contribution in [-0.2, 0) is 9.47 Å². The lowest BCUT2D eigenvalue weighted by atomic mass is 10.3. The second-order valence-corrected chi connectivity index (χ2v) is 3.11. The van der Waals surface area contributed by atoms with Crippen molar-refractivity contribution in [3.8, 4) is 0 Å². The molecule has 0 N–H and O–H groups in total. The Morgan fingerprint density at radius 2 is 1.50 bits per heavy atom. The molecule has 2 nitrogen and oxygen atoms in total. The van der Waals surface area contributed by atoms with Gasteiger partial charge in [-0.1, -0.05) is 0 Å². The van der Waals surface area contributed by atoms with Crippen molar-refractivity contribution < 1.29 is 22.6 Å². The molecule has 0 spiro atoms. The fourth-order valence-corrected chi connectivity index (χ4v) is 0.890. The lowest BCUT2D eigenvalue weighted by molar-refractivity contribution is -0.138. The van der Waals surface area contributed by atoms with E-state index in [1.54, 1.807) is 0 Å². The van der Waals surface area contributed by atoms with Crippen LogP contribution in [0.2, 0.25) is 0 Å². The maximum atomic E-state index is 11.6. The highest BCUT2D eigenvalue weighted by atomic mass is 32.1. The summed E-state index contributed by atoms with van der Waals surface area (Å²) in [5.41, 5.74) is 0. The molecule has 0 radical (unpaired) electrons. The van der Waals surface area contributed by atoms with E-state index in [9.17, 15) is 13.2 Å². The third kappa shape index (κ3) is 12.1. The SMILES string of the molecule is FC(F)(F)CCCOCCOCCS. The minimum atomic E-state index is -4.08. The minimum Gasteiger partial charge on any atom is -0.379 e. The van der Waals surface area contributed by atoms with Gasteiger partial charge in [0, 0.05) is 18.8 Å². The van der Waals surface area contributed by atoms with Crippen LogP contribution in [-0.4, -0.2) is 38.4 Å². The molecule has 0 aliphatic carbocycles. The lowest BCUT2D eigenvalue weighted by Crippen LogP contribution is -2.11. The highest BCUT2D eigenvalue weighted by molar-refractivity contribution is 7.80. The first-order chi connectivity index (χ1) is 6.56. The van der Waals surface area contributed by atoms with Crippen LogP contribution in [0.1, 0.15) is 12.8 Å². The van der Waals surface area contributed by atoms with Gasteiger partial charge in [-0.25, -0.2) is 0 Å². The zero-order chi connectivity index (χ0) is 10.9. The van der Waals surface area contributed by atoms with E-state index >= 15 is 0 Å². The second-order valence-electron chi connectivity index (χ2n) is 2.67. The zero-order valence-corrected chi connectivity index (χ0v) is 8.74. The van der Waals surface area contributed by atoms with Crippen LogP contribution in [0.25, 0.3) is 0 Å². The molecule has 0 saturated heterocycles. The van der Waals surface area contributed by atoms with Gasteiger partial charge in [0.05, 0.1) is 19.8 Å². The maximum Gasteiger partial charge on any atom is 0.389 e. The Morgan fingerprint density at radius 1 is 0.929 bits per heavy atom. The molecule has 0 heterocycles. The number of rotatable bonds is 8. The molecule has 0 atom stereocenters. The van der Waals surface area contributed by atoms with Gasteiger partial charge in [-0.05, 0) is 6.42 Å². The fraction of sp³-hybridized carbons (Fsp3) is 1.00. The van der Waals surface area contributed by atoms with Gasteiger partial charge in [-0.2, -0.15) is 25.8 Å². The van der Waals surface area contributed by atoms with E-state index in [2.05, 4.69) is 12.6 Å². The number of ether oxygens (including phenoxy) is 2. The zero-order valence-electron chi connectivity index (χ0n) is 7.85. The predicted octanol–water partition coefficient (Wildman–Crippen LogP) is 2.29. The summed E-state index contributed by atoms with van der Waals surface area (Å²) in [4.78, 5) is 0. The summed E-state index contributed by atoms with van der Waals surface area (Å²) in [5.74, 6) is 0.633. The smallest absolute Gasteiger partial charge is 0.379 e. The van der Waals surface area contributed by atoms with Crippen molar-refractivity contribution in [3.63, 3.8) is 0 Å². The van der Waals surface area contributed by atoms with Gasteiger partial charge < -0.3 is 9.47 Å². The van der Waals surface area contributed by atoms with Gasteiger partial charge in [0.2, 0.25) is 0 Å². The Balaban J connectivity index is 2.99. The molecule has 86 valence electrons. The summed E-state index contributed by atoms with van der Waals surface area (Å²) in [6.45, 7) is 1.41. The van der Waals surface area contributed by atoms with Crippen LogP contribution in [0.3, 0.4) is 0 Å². The highest BCUT2D eigenvalue weighted by Crippen LogP contribution is 2.20. The normalized spacial score (nSPS) is 12.0. The van der Waals surface area contributed by atoms with Crippen molar-refractivity contribution >= 4 is 12.6 Å². The average molecular weight is 232 g/mol. The van der Waals surface area contributed by atoms with Crippen LogP contribution >= 0.6 is 12.6 Å². The summed E-state index contributed by atoms with van der Waals surface area (Å²) in [7, 11) is 0. The summed E-state index contributed by atoms with van der Waals surface area (Å²) < 4.78 is 44.9. The first-order valence-electron chi connectivity index (χ1n) is 4.39. The summed E-state index contributed by atoms with van der Waals surface area (Å²) in [6, 6.07) is 0. The Bertz CT molecular complexity index is 130. The van der Waals surface area contributed by atoms with Crippen LogP contribution in [0, 0.1) is 0 Å². The first-order valence-corrected chi connectivity index (χ1v) is 5.02. The van der Waals surface area contributed by atoms with Crippen LogP contribution in [0.4, 0.5) is 13.2 Å². The molecule has 0 aromatic heterocycles. The average Bonchev–Trinajstić information content (AvgIpc) is 2.08. The standard InChI is InChI=1S/C8H15F3O2S/c9-8(10,11)2-1-3-12-4-5-13-6-7-14/h14H,1-7H2. The monoisotopic (exact) mass is 232 g/mol. The van der Waals surface area contributed by atoms with Crippen molar-refractivity contribution in [1.82, 2.24) is 0 Å². The summed E-state index contributed by atoms with van der Waals surface area (Å²) in [5, 5.41) is 0. The van der Waals surface area contributed by atoms with Crippen molar-refractivity contribution in [3.05, 3.63) is 0 Å². The largest absolute Gasteiger partial charge is 0.389 e. The molecular formula is C8H15F3O2S. The highest BCUT2D eigenvalue weighted by Gasteiger charge is 2.25. The van der Waals surface area contributed by atoms with Crippen LogP contribution in [0.5, 0.6) is 0 Å². The molecule has 0 amide bonds. The van der Waals surface area contributed by atoms with E-state index in [0.29, 0.717) is 25.6 Å². The molecule has 0 rings (SSSR count). The van der Waals surface area contributed by atoms with Crippen molar-refractivity contribution in [2.24, 2.45) is 0 Å². The van der Waals surface area contributed by atoms with Crippen LogP contribution < -0.4 is 0 Å². The van der Waals surface area contributed by atoms with E-state index in [4.69, 9.17) is 9.47 Å². The Hall–Kier alpha value is 0.0600. The predicted molar refractivity (Wildman–Crippen MR) is 50.8 cm³/mol. The topological polar surface area (TPSA) is 18.5 Å². The quantitative estimate of drug-likeness (QED) is 0.511. The third-order valence-corrected chi connectivity index (χ3v) is 1.54. The van der Waals surface area contributed by atoms with Crippen LogP contribution in [0.15, 0.2) is 0 Å².